The highest BCUT2D eigenvalue weighted by Crippen LogP contribution is 2.42. The Labute approximate surface area is 193 Å². The fourth-order valence-corrected chi connectivity index (χ4v) is 5.36. The Balaban J connectivity index is 1.58. The molecule has 166 valence electrons. The van der Waals surface area contributed by atoms with Crippen LogP contribution in [0.4, 0.5) is 23.0 Å². The van der Waals surface area contributed by atoms with Gasteiger partial charge in [-0.25, -0.2) is 9.83 Å². The number of nitrogens with zero attached hydrogens (tertiary/aromatic N) is 6. The highest BCUT2D eigenvalue weighted by Gasteiger charge is 2.26. The molecule has 9 heteroatoms. The van der Waals surface area contributed by atoms with E-state index >= 15 is 0 Å². The Morgan fingerprint density at radius 3 is 2.38 bits per heavy atom. The van der Waals surface area contributed by atoms with Gasteiger partial charge in [0.2, 0.25) is 0 Å². The maximum absolute atomic E-state index is 10.5. The van der Waals surface area contributed by atoms with Crippen molar-refractivity contribution < 1.29 is 9.94 Å². The Morgan fingerprint density at radius 2 is 1.78 bits per heavy atom. The van der Waals surface area contributed by atoms with E-state index in [4.69, 9.17) is 12.3 Å². The van der Waals surface area contributed by atoms with Crippen molar-refractivity contribution in [3.8, 4) is 6.07 Å². The minimum atomic E-state index is 0.166. The number of anilines is 3. The van der Waals surface area contributed by atoms with Crippen LogP contribution >= 0.6 is 11.8 Å². The summed E-state index contributed by atoms with van der Waals surface area (Å²) >= 11 is 1.41. The molecule has 0 aliphatic carbocycles. The molecule has 2 aliphatic heterocycles. The number of hydrogen-bond donors (Lipinski definition) is 2. The SMILES string of the molecule is [C-]#[N+]c1c(N)nc(SCc2ccc(N3CCCCC3)[n+](O)c2)c(C#N)c1N1CCCCC1. The van der Waals surface area contributed by atoms with Crippen molar-refractivity contribution in [3.05, 3.63) is 40.9 Å². The topological polar surface area (TPSA) is 97.6 Å². The normalized spacial score (nSPS) is 16.4. The molecular weight excluding hydrogens is 422 g/mol. The maximum atomic E-state index is 10.5. The van der Waals surface area contributed by atoms with Gasteiger partial charge < -0.3 is 15.8 Å². The Hall–Kier alpha value is -3.17. The van der Waals surface area contributed by atoms with Crippen LogP contribution < -0.4 is 20.3 Å². The van der Waals surface area contributed by atoms with E-state index in [0.29, 0.717) is 22.0 Å². The molecule has 0 spiro atoms. The molecule has 0 unspecified atom stereocenters. The molecule has 32 heavy (non-hydrogen) atoms. The van der Waals surface area contributed by atoms with Gasteiger partial charge in [-0.3, -0.25) is 4.90 Å². The first-order chi connectivity index (χ1) is 15.6. The van der Waals surface area contributed by atoms with Crippen LogP contribution in [0.1, 0.15) is 49.7 Å². The minimum absolute atomic E-state index is 0.166. The molecule has 0 amide bonds. The summed E-state index contributed by atoms with van der Waals surface area (Å²) in [6, 6.07) is 6.22. The van der Waals surface area contributed by atoms with Crippen molar-refractivity contribution in [2.24, 2.45) is 0 Å². The van der Waals surface area contributed by atoms with Crippen LogP contribution in [-0.4, -0.2) is 36.4 Å². The van der Waals surface area contributed by atoms with Gasteiger partial charge in [0, 0.05) is 30.5 Å². The van der Waals surface area contributed by atoms with E-state index in [1.807, 2.05) is 12.1 Å². The fourth-order valence-electron chi connectivity index (χ4n) is 4.43. The van der Waals surface area contributed by atoms with Crippen molar-refractivity contribution in [1.29, 1.82) is 5.26 Å². The van der Waals surface area contributed by atoms with Crippen molar-refractivity contribution in [2.45, 2.75) is 49.3 Å². The molecule has 3 N–H and O–H groups in total. The molecule has 2 aliphatic rings. The number of nitriles is 1. The van der Waals surface area contributed by atoms with Gasteiger partial charge in [-0.2, -0.15) is 5.26 Å². The third-order valence-electron chi connectivity index (χ3n) is 6.06. The first-order valence-electron chi connectivity index (χ1n) is 11.1. The number of nitrogens with two attached hydrogens (primary N) is 1. The molecule has 0 radical (unpaired) electrons. The van der Waals surface area contributed by atoms with Gasteiger partial charge in [0.05, 0.1) is 30.9 Å². The zero-order valence-corrected chi connectivity index (χ0v) is 18.9. The summed E-state index contributed by atoms with van der Waals surface area (Å²) in [4.78, 5) is 12.3. The number of thioether (sulfide) groups is 1. The lowest BCUT2D eigenvalue weighted by molar-refractivity contribution is -0.894. The molecule has 0 aromatic carbocycles. The van der Waals surface area contributed by atoms with E-state index in [1.54, 1.807) is 6.20 Å². The molecule has 2 aromatic heterocycles. The number of hydrogen-bond acceptors (Lipinski definition) is 7. The van der Waals surface area contributed by atoms with Crippen LogP contribution in [0.15, 0.2) is 23.4 Å². The zero-order chi connectivity index (χ0) is 22.5. The Bertz CT molecular complexity index is 1060. The molecule has 8 nitrogen and oxygen atoms in total. The van der Waals surface area contributed by atoms with Crippen LogP contribution in [0.2, 0.25) is 0 Å². The third-order valence-corrected chi connectivity index (χ3v) is 7.11. The molecule has 0 atom stereocenters. The highest BCUT2D eigenvalue weighted by atomic mass is 32.2. The van der Waals surface area contributed by atoms with Crippen molar-refractivity contribution in [1.82, 2.24) is 4.98 Å². The van der Waals surface area contributed by atoms with Gasteiger partial charge >= 0.3 is 5.82 Å². The Kier molecular flexibility index (Phi) is 6.87. The van der Waals surface area contributed by atoms with Crippen LogP contribution in [0.3, 0.4) is 0 Å². The zero-order valence-electron chi connectivity index (χ0n) is 18.1. The first-order valence-corrected chi connectivity index (χ1v) is 12.1. The maximum Gasteiger partial charge on any atom is 0.315 e. The molecule has 2 aromatic rings. The summed E-state index contributed by atoms with van der Waals surface area (Å²) in [5, 5.41) is 21.0. The van der Waals surface area contributed by atoms with E-state index in [9.17, 15) is 10.5 Å². The number of nitrogen functional groups attached to an aromatic ring is 1. The predicted molar refractivity (Wildman–Crippen MR) is 125 cm³/mol. The average molecular weight is 451 g/mol. The van der Waals surface area contributed by atoms with Gasteiger partial charge in [-0.05, 0) is 44.6 Å². The van der Waals surface area contributed by atoms with Crippen LogP contribution in [0, 0.1) is 17.9 Å². The van der Waals surface area contributed by atoms with E-state index in [2.05, 4.69) is 25.7 Å². The summed E-state index contributed by atoms with van der Waals surface area (Å²) in [5.74, 6) is 1.49. The largest absolute Gasteiger partial charge is 0.392 e. The van der Waals surface area contributed by atoms with Crippen molar-refractivity contribution >= 4 is 34.8 Å². The number of pyridine rings is 2. The number of rotatable bonds is 5. The summed E-state index contributed by atoms with van der Waals surface area (Å²) in [6.45, 7) is 11.1. The van der Waals surface area contributed by atoms with Gasteiger partial charge in [-0.15, -0.1) is 11.8 Å². The monoisotopic (exact) mass is 450 g/mol. The van der Waals surface area contributed by atoms with E-state index in [-0.39, 0.29) is 11.5 Å². The molecule has 4 heterocycles. The first kappa shape index (κ1) is 22.0. The minimum Gasteiger partial charge on any atom is -0.392 e. The van der Waals surface area contributed by atoms with Gasteiger partial charge in [0.25, 0.3) is 5.69 Å². The second-order valence-corrected chi connectivity index (χ2v) is 9.19. The summed E-state index contributed by atoms with van der Waals surface area (Å²) in [6.07, 6.45) is 8.45. The Morgan fingerprint density at radius 1 is 1.12 bits per heavy atom. The van der Waals surface area contributed by atoms with Gasteiger partial charge in [-0.1, -0.05) is 4.73 Å². The average Bonchev–Trinajstić information content (AvgIpc) is 2.83. The standard InChI is InChI=1S/C23H28N7OS/c1-26-20-21(29-12-6-3-7-13-29)18(14-24)23(27-22(20)25)32-16-17-8-9-19(30(31)15-17)28-10-4-2-5-11-28/h8-9,15,31H,2-7,10-13,16H2,(H2,25,27)/q+1. The van der Waals surface area contributed by atoms with Crippen molar-refractivity contribution in [2.75, 3.05) is 41.7 Å². The lowest BCUT2D eigenvalue weighted by Gasteiger charge is -2.31. The van der Waals surface area contributed by atoms with Gasteiger partial charge in [0.15, 0.2) is 0 Å². The van der Waals surface area contributed by atoms with E-state index in [1.165, 1.54) is 22.9 Å². The second-order valence-electron chi connectivity index (χ2n) is 8.22. The quantitative estimate of drug-likeness (QED) is 0.309. The fraction of sp³-hybridized carbons (Fsp3) is 0.478. The predicted octanol–water partition coefficient (Wildman–Crippen LogP) is 3.88. The molecular formula is C23H28N7OS+. The molecule has 2 saturated heterocycles. The van der Waals surface area contributed by atoms with Crippen LogP contribution in [0.5, 0.6) is 0 Å². The highest BCUT2D eigenvalue weighted by molar-refractivity contribution is 7.98. The summed E-state index contributed by atoms with van der Waals surface area (Å²) in [7, 11) is 0. The van der Waals surface area contributed by atoms with Crippen LogP contribution in [0.25, 0.3) is 4.85 Å². The van der Waals surface area contributed by atoms with Crippen LogP contribution in [-0.2, 0) is 5.75 Å². The lowest BCUT2D eigenvalue weighted by Crippen LogP contribution is -2.42. The van der Waals surface area contributed by atoms with E-state index < -0.39 is 0 Å². The lowest BCUT2D eigenvalue weighted by atomic mass is 10.1. The van der Waals surface area contributed by atoms with Gasteiger partial charge in [0.1, 0.15) is 23.1 Å². The number of piperidine rings is 2. The van der Waals surface area contributed by atoms with E-state index in [0.717, 1.165) is 69.7 Å². The third kappa shape index (κ3) is 4.53. The molecule has 4 rings (SSSR count). The smallest absolute Gasteiger partial charge is 0.315 e. The molecule has 0 saturated carbocycles. The summed E-state index contributed by atoms with van der Waals surface area (Å²) in [5.41, 5.74) is 8.35. The molecule has 2 fully saturated rings. The molecule has 0 bridgehead atoms. The second kappa shape index (κ2) is 9.97. The van der Waals surface area contributed by atoms with Crippen molar-refractivity contribution in [3.63, 3.8) is 0 Å². The summed E-state index contributed by atoms with van der Waals surface area (Å²) < 4.78 is 1.19. The number of aromatic nitrogens is 2.